The third-order valence-electron chi connectivity index (χ3n) is 6.65. The molecule has 0 aliphatic rings. The average Bonchev–Trinajstić information content (AvgIpc) is 2.88. The number of hydrogen-bond donors (Lipinski definition) is 0. The Labute approximate surface area is 220 Å². The highest BCUT2D eigenvalue weighted by molar-refractivity contribution is 5.75. The van der Waals surface area contributed by atoms with Crippen molar-refractivity contribution in [1.29, 1.82) is 0 Å². The number of ether oxygens (including phenoxy) is 2. The predicted molar refractivity (Wildman–Crippen MR) is 151 cm³/mol. The van der Waals surface area contributed by atoms with Crippen molar-refractivity contribution in [2.24, 2.45) is 5.92 Å². The number of hydrogen-bond acceptors (Lipinski definition) is 3. The maximum atomic E-state index is 12.2. The van der Waals surface area contributed by atoms with Crippen LogP contribution in [0, 0.1) is 31.6 Å². The van der Waals surface area contributed by atoms with Gasteiger partial charge in [0, 0.05) is 11.1 Å². The van der Waals surface area contributed by atoms with Gasteiger partial charge in [0.05, 0.1) is 12.5 Å². The van der Waals surface area contributed by atoms with Crippen LogP contribution < -0.4 is 9.47 Å². The molecule has 2 rings (SSSR count). The minimum absolute atomic E-state index is 0.106. The summed E-state index contributed by atoms with van der Waals surface area (Å²) in [4.78, 5) is 12.2. The molecular formula is C33H46O3. The second-order valence-corrected chi connectivity index (χ2v) is 9.97. The Morgan fingerprint density at radius 2 is 1.31 bits per heavy atom. The Hall–Kier alpha value is -2.73. The fourth-order valence-electron chi connectivity index (χ4n) is 4.11. The molecule has 196 valence electrons. The largest absolute Gasteiger partial charge is 0.494 e. The number of rotatable bonds is 15. The van der Waals surface area contributed by atoms with Crippen LogP contribution >= 0.6 is 0 Å². The van der Waals surface area contributed by atoms with Gasteiger partial charge in [0.2, 0.25) is 0 Å². The monoisotopic (exact) mass is 490 g/mol. The van der Waals surface area contributed by atoms with Gasteiger partial charge in [0.1, 0.15) is 11.5 Å². The molecule has 3 heteroatoms. The lowest BCUT2D eigenvalue weighted by atomic mass is 10.0. The number of aryl methyl sites for hydroxylation is 2. The summed E-state index contributed by atoms with van der Waals surface area (Å²) in [6, 6.07) is 11.9. The molecule has 0 N–H and O–H groups in total. The Morgan fingerprint density at radius 3 is 1.86 bits per heavy atom. The Morgan fingerprint density at radius 1 is 0.778 bits per heavy atom. The molecule has 1 atom stereocenters. The quantitative estimate of drug-likeness (QED) is 0.108. The fourth-order valence-corrected chi connectivity index (χ4v) is 4.11. The van der Waals surface area contributed by atoms with Crippen LogP contribution in [0.4, 0.5) is 0 Å². The van der Waals surface area contributed by atoms with Gasteiger partial charge in [-0.3, -0.25) is 4.79 Å². The second-order valence-electron chi connectivity index (χ2n) is 9.97. The van der Waals surface area contributed by atoms with Crippen LogP contribution in [-0.4, -0.2) is 12.6 Å². The zero-order valence-electron chi connectivity index (χ0n) is 23.3. The smallest absolute Gasteiger partial charge is 0.314 e. The molecule has 3 nitrogen and oxygen atoms in total. The Bertz CT molecular complexity index is 955. The first kappa shape index (κ1) is 29.5. The van der Waals surface area contributed by atoms with Crippen molar-refractivity contribution in [2.45, 2.75) is 105 Å². The highest BCUT2D eigenvalue weighted by Gasteiger charge is 2.16. The molecule has 0 amide bonds. The summed E-state index contributed by atoms with van der Waals surface area (Å²) in [7, 11) is 0. The predicted octanol–water partition coefficient (Wildman–Crippen LogP) is 8.95. The van der Waals surface area contributed by atoms with E-state index in [2.05, 4.69) is 18.8 Å². The van der Waals surface area contributed by atoms with Gasteiger partial charge in [-0.2, -0.15) is 0 Å². The lowest BCUT2D eigenvalue weighted by Crippen LogP contribution is -2.18. The van der Waals surface area contributed by atoms with Gasteiger partial charge in [-0.1, -0.05) is 90.4 Å². The van der Waals surface area contributed by atoms with Crippen LogP contribution in [0.2, 0.25) is 0 Å². The van der Waals surface area contributed by atoms with E-state index in [0.29, 0.717) is 5.75 Å². The number of carbonyl (C=O) groups excluding carboxylic acids is 1. The van der Waals surface area contributed by atoms with Crippen LogP contribution in [0.25, 0.3) is 0 Å². The number of esters is 1. The van der Waals surface area contributed by atoms with Gasteiger partial charge in [-0.25, -0.2) is 0 Å². The third kappa shape index (κ3) is 10.9. The van der Waals surface area contributed by atoms with Crippen LogP contribution in [0.1, 0.15) is 114 Å². The molecule has 0 saturated heterocycles. The first-order valence-electron chi connectivity index (χ1n) is 14.0. The number of benzene rings is 2. The first-order chi connectivity index (χ1) is 17.4. The lowest BCUT2D eigenvalue weighted by molar-refractivity contribution is -0.138. The van der Waals surface area contributed by atoms with E-state index in [1.807, 2.05) is 64.1 Å². The summed E-state index contributed by atoms with van der Waals surface area (Å²) in [5.41, 5.74) is 3.71. The van der Waals surface area contributed by atoms with Gasteiger partial charge in [-0.15, -0.1) is 0 Å². The van der Waals surface area contributed by atoms with E-state index in [-0.39, 0.29) is 11.9 Å². The molecule has 0 radical (unpaired) electrons. The zero-order valence-corrected chi connectivity index (χ0v) is 23.3. The summed E-state index contributed by atoms with van der Waals surface area (Å²) in [6.45, 7) is 10.8. The fraction of sp³-hybridized carbons (Fsp3) is 0.545. The van der Waals surface area contributed by atoms with Crippen molar-refractivity contribution in [2.75, 3.05) is 6.61 Å². The molecule has 0 bridgehead atoms. The molecule has 2 aromatic carbocycles. The van der Waals surface area contributed by atoms with Crippen molar-refractivity contribution in [3.8, 4) is 23.3 Å². The second kappa shape index (κ2) is 16.9. The highest BCUT2D eigenvalue weighted by atomic mass is 16.5. The molecule has 1 unspecified atom stereocenters. The van der Waals surface area contributed by atoms with Crippen LogP contribution in [0.3, 0.4) is 0 Å². The molecule has 0 aliphatic heterocycles. The van der Waals surface area contributed by atoms with E-state index >= 15 is 0 Å². The topological polar surface area (TPSA) is 35.5 Å². The van der Waals surface area contributed by atoms with Gasteiger partial charge in [0.25, 0.3) is 0 Å². The summed E-state index contributed by atoms with van der Waals surface area (Å²) in [5, 5.41) is 0. The normalized spacial score (nSPS) is 11.5. The molecule has 0 aliphatic carbocycles. The standard InChI is InChI=1S/C33H46O3/c1-6-8-9-10-11-12-13-14-15-16-23-35-31-21-19-29(20-22-31)17-18-30-24-27(4)32(28(5)25-30)36-33(34)26(3)7-2/h19-22,24-26H,6-16,23H2,1-5H3. The molecule has 0 fully saturated rings. The third-order valence-corrected chi connectivity index (χ3v) is 6.65. The van der Waals surface area contributed by atoms with E-state index in [4.69, 9.17) is 9.47 Å². The van der Waals surface area contributed by atoms with Crippen molar-refractivity contribution in [1.82, 2.24) is 0 Å². The van der Waals surface area contributed by atoms with Crippen molar-refractivity contribution in [3.05, 3.63) is 58.7 Å². The summed E-state index contributed by atoms with van der Waals surface area (Å²) >= 11 is 0. The molecule has 36 heavy (non-hydrogen) atoms. The average molecular weight is 491 g/mol. The summed E-state index contributed by atoms with van der Waals surface area (Å²) in [5.74, 6) is 7.72. The Balaban J connectivity index is 1.75. The summed E-state index contributed by atoms with van der Waals surface area (Å²) < 4.78 is 11.5. The van der Waals surface area contributed by atoms with Crippen LogP contribution in [-0.2, 0) is 4.79 Å². The minimum atomic E-state index is -0.182. The maximum absolute atomic E-state index is 12.2. The molecule has 0 spiro atoms. The molecule has 0 saturated carbocycles. The molecule has 0 heterocycles. The van der Waals surface area contributed by atoms with E-state index in [0.717, 1.165) is 47.5 Å². The van der Waals surface area contributed by atoms with E-state index in [1.165, 1.54) is 57.8 Å². The SMILES string of the molecule is CCCCCCCCCCCCOc1ccc(C#Cc2cc(C)c(OC(=O)C(C)CC)c(C)c2)cc1. The molecule has 2 aromatic rings. The van der Waals surface area contributed by atoms with Crippen LogP contribution in [0.15, 0.2) is 36.4 Å². The van der Waals surface area contributed by atoms with Gasteiger partial charge in [-0.05, 0) is 74.2 Å². The number of carbonyl (C=O) groups is 1. The van der Waals surface area contributed by atoms with Crippen LogP contribution in [0.5, 0.6) is 11.5 Å². The Kier molecular flexibility index (Phi) is 13.8. The lowest BCUT2D eigenvalue weighted by Gasteiger charge is -2.13. The highest BCUT2D eigenvalue weighted by Crippen LogP contribution is 2.26. The molecular weight excluding hydrogens is 444 g/mol. The van der Waals surface area contributed by atoms with Gasteiger partial charge in [0.15, 0.2) is 0 Å². The van der Waals surface area contributed by atoms with E-state index < -0.39 is 0 Å². The summed E-state index contributed by atoms with van der Waals surface area (Å²) in [6.07, 6.45) is 14.1. The van der Waals surface area contributed by atoms with E-state index in [1.54, 1.807) is 0 Å². The minimum Gasteiger partial charge on any atom is -0.494 e. The van der Waals surface area contributed by atoms with Crippen molar-refractivity contribution >= 4 is 5.97 Å². The maximum Gasteiger partial charge on any atom is 0.314 e. The van der Waals surface area contributed by atoms with Crippen molar-refractivity contribution in [3.63, 3.8) is 0 Å². The van der Waals surface area contributed by atoms with Crippen molar-refractivity contribution < 1.29 is 14.3 Å². The first-order valence-corrected chi connectivity index (χ1v) is 14.0. The number of unbranched alkanes of at least 4 members (excludes halogenated alkanes) is 9. The molecule has 0 aromatic heterocycles. The van der Waals surface area contributed by atoms with Gasteiger partial charge < -0.3 is 9.47 Å². The van der Waals surface area contributed by atoms with E-state index in [9.17, 15) is 4.79 Å². The van der Waals surface area contributed by atoms with Gasteiger partial charge >= 0.3 is 5.97 Å². The zero-order chi connectivity index (χ0) is 26.2.